The van der Waals surface area contributed by atoms with Gasteiger partial charge in [0.1, 0.15) is 11.9 Å². The molecule has 3 nitrogen and oxygen atoms in total. The molecule has 0 aliphatic rings. The Morgan fingerprint density at radius 1 is 0.744 bits per heavy atom. The molecule has 0 spiro atoms. The number of aryl methyl sites for hydroxylation is 4. The third kappa shape index (κ3) is 6.27. The number of pyridine rings is 1. The van der Waals surface area contributed by atoms with Gasteiger partial charge in [-0.2, -0.15) is 0 Å². The Hall–Kier alpha value is -4.63. The van der Waals surface area contributed by atoms with Crippen molar-refractivity contribution in [2.45, 2.75) is 32.8 Å². The summed E-state index contributed by atoms with van der Waals surface area (Å²) in [5, 5.41) is 0. The Morgan fingerprint density at radius 2 is 1.36 bits per heavy atom. The van der Waals surface area contributed by atoms with E-state index in [1.807, 2.05) is 42.6 Å². The van der Waals surface area contributed by atoms with Gasteiger partial charge in [-0.3, -0.25) is 4.98 Å². The van der Waals surface area contributed by atoms with E-state index in [0.29, 0.717) is 5.70 Å². The third-order valence-corrected chi connectivity index (χ3v) is 7.00. The van der Waals surface area contributed by atoms with Crippen LogP contribution in [0.4, 0.5) is 0 Å². The molecule has 1 aromatic heterocycles. The van der Waals surface area contributed by atoms with Crippen LogP contribution < -0.4 is 10.5 Å². The summed E-state index contributed by atoms with van der Waals surface area (Å²) >= 11 is 0. The zero-order valence-corrected chi connectivity index (χ0v) is 22.6. The molecule has 0 fully saturated rings. The molecule has 0 amide bonds. The minimum Gasteiger partial charge on any atom is -0.481 e. The van der Waals surface area contributed by atoms with E-state index in [1.54, 1.807) is 0 Å². The molecular formula is C36H34N2O. The van der Waals surface area contributed by atoms with Gasteiger partial charge in [-0.05, 0) is 78.3 Å². The Morgan fingerprint density at radius 3 is 1.95 bits per heavy atom. The van der Waals surface area contributed by atoms with Crippen molar-refractivity contribution in [3.05, 3.63) is 161 Å². The molecular weight excluding hydrogens is 476 g/mol. The summed E-state index contributed by atoms with van der Waals surface area (Å²) in [4.78, 5) is 4.69. The SMILES string of the molecule is C=C(N)c1ncc(CCc2ccc(OC(c3ccccc3)c3ccccc3)cc2)cc1-c1ccc(C)cc1C. The second kappa shape index (κ2) is 11.8. The van der Waals surface area contributed by atoms with Gasteiger partial charge >= 0.3 is 0 Å². The maximum absolute atomic E-state index is 6.49. The molecule has 4 aromatic carbocycles. The van der Waals surface area contributed by atoms with E-state index in [0.717, 1.165) is 46.5 Å². The van der Waals surface area contributed by atoms with E-state index in [-0.39, 0.29) is 6.10 Å². The smallest absolute Gasteiger partial charge is 0.149 e. The van der Waals surface area contributed by atoms with Crippen molar-refractivity contribution in [2.24, 2.45) is 5.73 Å². The number of nitrogens with two attached hydrogens (primary N) is 1. The summed E-state index contributed by atoms with van der Waals surface area (Å²) in [6.45, 7) is 8.18. The van der Waals surface area contributed by atoms with Crippen molar-refractivity contribution in [1.82, 2.24) is 4.98 Å². The largest absolute Gasteiger partial charge is 0.481 e. The predicted molar refractivity (Wildman–Crippen MR) is 162 cm³/mol. The molecule has 1 heterocycles. The van der Waals surface area contributed by atoms with Gasteiger partial charge in [0.2, 0.25) is 0 Å². The molecule has 5 rings (SSSR count). The Bertz CT molecular complexity index is 1520. The zero-order chi connectivity index (χ0) is 27.2. The topological polar surface area (TPSA) is 48.1 Å². The Kier molecular flexibility index (Phi) is 7.88. The van der Waals surface area contributed by atoms with Crippen LogP contribution in [0.3, 0.4) is 0 Å². The number of aromatic nitrogens is 1. The van der Waals surface area contributed by atoms with Gasteiger partial charge in [0.25, 0.3) is 0 Å². The summed E-state index contributed by atoms with van der Waals surface area (Å²) in [7, 11) is 0. The molecule has 39 heavy (non-hydrogen) atoms. The molecule has 0 aliphatic heterocycles. The number of hydrogen-bond donors (Lipinski definition) is 1. The van der Waals surface area contributed by atoms with Crippen LogP contribution >= 0.6 is 0 Å². The molecule has 5 aromatic rings. The van der Waals surface area contributed by atoms with Gasteiger partial charge in [-0.1, -0.05) is 103 Å². The predicted octanol–water partition coefficient (Wildman–Crippen LogP) is 8.25. The number of ether oxygens (including phenoxy) is 1. The lowest BCUT2D eigenvalue weighted by atomic mass is 9.94. The van der Waals surface area contributed by atoms with Gasteiger partial charge in [-0.25, -0.2) is 0 Å². The zero-order valence-electron chi connectivity index (χ0n) is 22.6. The van der Waals surface area contributed by atoms with Gasteiger partial charge in [0.15, 0.2) is 0 Å². The van der Waals surface area contributed by atoms with Crippen molar-refractivity contribution >= 4 is 5.70 Å². The van der Waals surface area contributed by atoms with E-state index in [9.17, 15) is 0 Å². The summed E-state index contributed by atoms with van der Waals surface area (Å²) < 4.78 is 6.49. The number of hydrogen-bond acceptors (Lipinski definition) is 3. The van der Waals surface area contributed by atoms with Crippen LogP contribution in [0.15, 0.2) is 122 Å². The fraction of sp³-hybridized carbons (Fsp3) is 0.139. The average molecular weight is 511 g/mol. The molecule has 0 aliphatic carbocycles. The lowest BCUT2D eigenvalue weighted by Crippen LogP contribution is -2.09. The van der Waals surface area contributed by atoms with Gasteiger partial charge in [0, 0.05) is 11.8 Å². The van der Waals surface area contributed by atoms with Crippen molar-refractivity contribution in [3.63, 3.8) is 0 Å². The maximum Gasteiger partial charge on any atom is 0.149 e. The third-order valence-electron chi connectivity index (χ3n) is 7.00. The van der Waals surface area contributed by atoms with Crippen molar-refractivity contribution < 1.29 is 4.74 Å². The van der Waals surface area contributed by atoms with Crippen molar-refractivity contribution in [2.75, 3.05) is 0 Å². The molecule has 0 saturated carbocycles. The van der Waals surface area contributed by atoms with Gasteiger partial charge in [-0.15, -0.1) is 0 Å². The van der Waals surface area contributed by atoms with E-state index in [2.05, 4.69) is 93.2 Å². The van der Waals surface area contributed by atoms with Crippen LogP contribution in [0, 0.1) is 13.8 Å². The summed E-state index contributed by atoms with van der Waals surface area (Å²) in [5.41, 5.74) is 16.6. The first kappa shape index (κ1) is 26.0. The van der Waals surface area contributed by atoms with E-state index >= 15 is 0 Å². The van der Waals surface area contributed by atoms with Crippen LogP contribution in [0.25, 0.3) is 16.8 Å². The molecule has 0 atom stereocenters. The first-order valence-electron chi connectivity index (χ1n) is 13.3. The summed E-state index contributed by atoms with van der Waals surface area (Å²) in [6.07, 6.45) is 3.53. The average Bonchev–Trinajstić information content (AvgIpc) is 2.96. The van der Waals surface area contributed by atoms with Gasteiger partial charge in [0.05, 0.1) is 11.4 Å². The summed E-state index contributed by atoms with van der Waals surface area (Å²) in [6, 6.07) is 37.8. The van der Waals surface area contributed by atoms with E-state index < -0.39 is 0 Å². The Balaban J connectivity index is 1.32. The Labute approximate surface area is 231 Å². The number of nitrogens with zero attached hydrogens (tertiary/aromatic N) is 1. The quantitative estimate of drug-likeness (QED) is 0.217. The number of rotatable bonds is 9. The van der Waals surface area contributed by atoms with Crippen LogP contribution in [0.1, 0.15) is 45.2 Å². The molecule has 0 radical (unpaired) electrons. The standard InChI is InChI=1S/C36H34N2O/c1-25-14-21-33(26(2)22-25)34-23-29(24-38-35(34)27(3)37)16-15-28-17-19-32(20-18-28)39-36(30-10-6-4-7-11-30)31-12-8-5-9-13-31/h4-14,17-24,36H,3,15-16,37H2,1-2H3. The lowest BCUT2D eigenvalue weighted by Gasteiger charge is -2.20. The minimum absolute atomic E-state index is 0.163. The van der Waals surface area contributed by atoms with Crippen LogP contribution in [-0.4, -0.2) is 4.98 Å². The first-order valence-corrected chi connectivity index (χ1v) is 13.3. The molecule has 194 valence electrons. The molecule has 3 heteroatoms. The van der Waals surface area contributed by atoms with Crippen molar-refractivity contribution in [1.29, 1.82) is 0 Å². The molecule has 0 saturated heterocycles. The molecule has 2 N–H and O–H groups in total. The first-order chi connectivity index (χ1) is 19.0. The van der Waals surface area contributed by atoms with E-state index in [1.165, 1.54) is 22.3 Å². The van der Waals surface area contributed by atoms with Gasteiger partial charge < -0.3 is 10.5 Å². The van der Waals surface area contributed by atoms with Crippen LogP contribution in [0.5, 0.6) is 5.75 Å². The fourth-order valence-electron chi connectivity index (χ4n) is 4.97. The number of benzene rings is 4. The highest BCUT2D eigenvalue weighted by Crippen LogP contribution is 2.31. The van der Waals surface area contributed by atoms with E-state index in [4.69, 9.17) is 15.5 Å². The van der Waals surface area contributed by atoms with Crippen LogP contribution in [-0.2, 0) is 12.8 Å². The lowest BCUT2D eigenvalue weighted by molar-refractivity contribution is 0.247. The maximum atomic E-state index is 6.49. The highest BCUT2D eigenvalue weighted by molar-refractivity contribution is 5.79. The highest BCUT2D eigenvalue weighted by atomic mass is 16.5. The minimum atomic E-state index is -0.163. The second-order valence-corrected chi connectivity index (χ2v) is 10.0. The normalized spacial score (nSPS) is 10.9. The molecule has 0 unspecified atom stereocenters. The molecule has 0 bridgehead atoms. The summed E-state index contributed by atoms with van der Waals surface area (Å²) in [5.74, 6) is 0.848. The van der Waals surface area contributed by atoms with Crippen molar-refractivity contribution in [3.8, 4) is 16.9 Å². The second-order valence-electron chi connectivity index (χ2n) is 10.0. The van der Waals surface area contributed by atoms with Crippen LogP contribution in [0.2, 0.25) is 0 Å². The fourth-order valence-corrected chi connectivity index (χ4v) is 4.97. The monoisotopic (exact) mass is 510 g/mol. The highest BCUT2D eigenvalue weighted by Gasteiger charge is 2.16.